The highest BCUT2D eigenvalue weighted by Gasteiger charge is 2.23. The number of carbonyl (C=O) groups excluding carboxylic acids is 1. The molecule has 1 aliphatic heterocycles. The molecule has 9 nitrogen and oxygen atoms in total. The molecule has 0 bridgehead atoms. The van der Waals surface area contributed by atoms with Crippen molar-refractivity contribution in [3.8, 4) is 5.75 Å². The van der Waals surface area contributed by atoms with Gasteiger partial charge in [-0.2, -0.15) is 5.10 Å². The van der Waals surface area contributed by atoms with Crippen molar-refractivity contribution in [2.24, 2.45) is 0 Å². The molecule has 33 heavy (non-hydrogen) atoms. The Labute approximate surface area is 194 Å². The number of amides is 2. The molecule has 0 spiro atoms. The third-order valence-corrected chi connectivity index (χ3v) is 5.50. The van der Waals surface area contributed by atoms with E-state index in [1.165, 1.54) is 0 Å². The lowest BCUT2D eigenvalue weighted by molar-refractivity contribution is 0.208. The fraction of sp³-hybridized carbons (Fsp3) is 0.417. The van der Waals surface area contributed by atoms with Crippen LogP contribution in [0.5, 0.6) is 5.75 Å². The van der Waals surface area contributed by atoms with Crippen molar-refractivity contribution in [2.75, 3.05) is 43.0 Å². The van der Waals surface area contributed by atoms with E-state index >= 15 is 0 Å². The van der Waals surface area contributed by atoms with Gasteiger partial charge >= 0.3 is 6.03 Å². The highest BCUT2D eigenvalue weighted by molar-refractivity contribution is 5.89. The van der Waals surface area contributed by atoms with Gasteiger partial charge in [-0.25, -0.2) is 14.8 Å². The summed E-state index contributed by atoms with van der Waals surface area (Å²) < 4.78 is 7.62. The Hall–Kier alpha value is -3.62. The molecule has 1 aromatic carbocycles. The molecule has 0 aliphatic carbocycles. The molecule has 0 unspecified atom stereocenters. The van der Waals surface area contributed by atoms with Crippen molar-refractivity contribution in [3.05, 3.63) is 60.3 Å². The number of ether oxygens (including phenoxy) is 1. The van der Waals surface area contributed by atoms with Gasteiger partial charge in [-0.05, 0) is 25.1 Å². The number of rotatable bonds is 7. The maximum absolute atomic E-state index is 12.8. The summed E-state index contributed by atoms with van der Waals surface area (Å²) in [4.78, 5) is 26.1. The number of aryl methyl sites for hydroxylation is 1. The summed E-state index contributed by atoms with van der Waals surface area (Å²) in [5.41, 5.74) is 1.68. The van der Waals surface area contributed by atoms with Gasteiger partial charge in [0.25, 0.3) is 0 Å². The van der Waals surface area contributed by atoms with Gasteiger partial charge in [-0.1, -0.05) is 19.9 Å². The van der Waals surface area contributed by atoms with Crippen molar-refractivity contribution in [1.29, 1.82) is 0 Å². The zero-order chi connectivity index (χ0) is 23.2. The van der Waals surface area contributed by atoms with E-state index in [0.29, 0.717) is 37.7 Å². The van der Waals surface area contributed by atoms with E-state index in [9.17, 15) is 4.79 Å². The first-order chi connectivity index (χ1) is 16.0. The van der Waals surface area contributed by atoms with Crippen LogP contribution in [-0.2, 0) is 6.54 Å². The van der Waals surface area contributed by atoms with Crippen molar-refractivity contribution < 1.29 is 9.53 Å². The highest BCUT2D eigenvalue weighted by Crippen LogP contribution is 2.20. The molecule has 1 saturated heterocycles. The lowest BCUT2D eigenvalue weighted by Crippen LogP contribution is -2.50. The van der Waals surface area contributed by atoms with Gasteiger partial charge in [0.05, 0.1) is 6.54 Å². The normalized spacial score (nSPS) is 13.9. The minimum Gasteiger partial charge on any atom is -0.492 e. The van der Waals surface area contributed by atoms with E-state index in [0.717, 1.165) is 30.4 Å². The average Bonchev–Trinajstić information content (AvgIpc) is 3.32. The first kappa shape index (κ1) is 22.6. The average molecular weight is 450 g/mol. The molecule has 3 aromatic rings. The van der Waals surface area contributed by atoms with E-state index in [2.05, 4.69) is 34.1 Å². The van der Waals surface area contributed by atoms with E-state index < -0.39 is 0 Å². The van der Waals surface area contributed by atoms with Crippen LogP contribution in [0.4, 0.5) is 16.3 Å². The van der Waals surface area contributed by atoms with Crippen molar-refractivity contribution in [3.63, 3.8) is 0 Å². The molecule has 174 valence electrons. The molecule has 0 atom stereocenters. The molecule has 1 N–H and O–H groups in total. The number of hydrogen-bond donors (Lipinski definition) is 1. The second-order valence-corrected chi connectivity index (χ2v) is 8.43. The minimum absolute atomic E-state index is 0.106. The van der Waals surface area contributed by atoms with Crippen LogP contribution in [-0.4, -0.2) is 63.5 Å². The Bertz CT molecular complexity index is 1060. The molecule has 2 aromatic heterocycles. The Kier molecular flexibility index (Phi) is 7.07. The maximum atomic E-state index is 12.8. The third kappa shape index (κ3) is 6.00. The van der Waals surface area contributed by atoms with Crippen LogP contribution >= 0.6 is 0 Å². The maximum Gasteiger partial charge on any atom is 0.321 e. The monoisotopic (exact) mass is 449 g/mol. The predicted molar refractivity (Wildman–Crippen MR) is 128 cm³/mol. The fourth-order valence-electron chi connectivity index (χ4n) is 3.69. The fourth-order valence-corrected chi connectivity index (χ4v) is 3.69. The quantitative estimate of drug-likeness (QED) is 0.594. The molecule has 1 aliphatic rings. The van der Waals surface area contributed by atoms with Crippen LogP contribution < -0.4 is 15.0 Å². The largest absolute Gasteiger partial charge is 0.492 e. The van der Waals surface area contributed by atoms with Crippen LogP contribution in [0.3, 0.4) is 0 Å². The molecule has 2 amide bonds. The molecule has 0 saturated carbocycles. The van der Waals surface area contributed by atoms with E-state index in [1.807, 2.05) is 59.1 Å². The van der Waals surface area contributed by atoms with Crippen molar-refractivity contribution >= 4 is 17.5 Å². The van der Waals surface area contributed by atoms with Gasteiger partial charge in [-0.3, -0.25) is 4.68 Å². The Morgan fingerprint density at radius 3 is 2.67 bits per heavy atom. The number of hydrogen-bond acceptors (Lipinski definition) is 6. The van der Waals surface area contributed by atoms with Crippen LogP contribution in [0.25, 0.3) is 0 Å². The lowest BCUT2D eigenvalue weighted by atomic mass is 10.2. The lowest BCUT2D eigenvalue weighted by Gasteiger charge is -2.35. The minimum atomic E-state index is -0.106. The van der Waals surface area contributed by atoms with Crippen LogP contribution in [0.2, 0.25) is 0 Å². The third-order valence-electron chi connectivity index (χ3n) is 5.50. The zero-order valence-electron chi connectivity index (χ0n) is 19.4. The highest BCUT2D eigenvalue weighted by atomic mass is 16.5. The molecular formula is C24H31N7O2. The Morgan fingerprint density at radius 1 is 1.12 bits per heavy atom. The van der Waals surface area contributed by atoms with Crippen molar-refractivity contribution in [2.45, 2.75) is 33.2 Å². The summed E-state index contributed by atoms with van der Waals surface area (Å²) in [7, 11) is 0. The van der Waals surface area contributed by atoms with Gasteiger partial charge in [0, 0.05) is 68.0 Å². The number of nitrogens with zero attached hydrogens (tertiary/aromatic N) is 6. The standard InChI is InChI=1S/C24H31N7O2/c1-18(2)23-26-19(3)16-22(28-23)29-10-12-30(13-11-29)24(32)27-20-6-4-7-21(17-20)33-15-14-31-9-5-8-25-31/h4-9,16-18H,10-15H2,1-3H3,(H,27,32). The van der Waals surface area contributed by atoms with Gasteiger partial charge in [0.2, 0.25) is 0 Å². The van der Waals surface area contributed by atoms with Crippen LogP contribution in [0.1, 0.15) is 31.3 Å². The number of benzene rings is 1. The zero-order valence-corrected chi connectivity index (χ0v) is 19.4. The van der Waals surface area contributed by atoms with Gasteiger partial charge in [0.1, 0.15) is 24.0 Å². The Morgan fingerprint density at radius 2 is 1.94 bits per heavy atom. The number of urea groups is 1. The summed E-state index contributed by atoms with van der Waals surface area (Å²) >= 11 is 0. The summed E-state index contributed by atoms with van der Waals surface area (Å²) in [5, 5.41) is 7.15. The summed E-state index contributed by atoms with van der Waals surface area (Å²) in [6.45, 7) is 10.1. The number of carbonyl (C=O) groups is 1. The Balaban J connectivity index is 1.29. The molecule has 9 heteroatoms. The number of aromatic nitrogens is 4. The molecule has 1 fully saturated rings. The summed E-state index contributed by atoms with van der Waals surface area (Å²) in [6.07, 6.45) is 3.64. The number of anilines is 2. The SMILES string of the molecule is Cc1cc(N2CCN(C(=O)Nc3cccc(OCCn4cccn4)c3)CC2)nc(C(C)C)n1. The van der Waals surface area contributed by atoms with Gasteiger partial charge in [0.15, 0.2) is 0 Å². The molecule has 3 heterocycles. The smallest absolute Gasteiger partial charge is 0.321 e. The second-order valence-electron chi connectivity index (χ2n) is 8.43. The summed E-state index contributed by atoms with van der Waals surface area (Å²) in [6, 6.07) is 11.3. The topological polar surface area (TPSA) is 88.4 Å². The van der Waals surface area contributed by atoms with Crippen LogP contribution in [0.15, 0.2) is 48.8 Å². The predicted octanol–water partition coefficient (Wildman–Crippen LogP) is 3.54. The van der Waals surface area contributed by atoms with E-state index in [-0.39, 0.29) is 11.9 Å². The van der Waals surface area contributed by atoms with Gasteiger partial charge in [-0.15, -0.1) is 0 Å². The summed E-state index contributed by atoms with van der Waals surface area (Å²) in [5.74, 6) is 2.79. The first-order valence-corrected chi connectivity index (χ1v) is 11.3. The van der Waals surface area contributed by atoms with E-state index in [1.54, 1.807) is 6.20 Å². The van der Waals surface area contributed by atoms with Gasteiger partial charge < -0.3 is 19.9 Å². The molecule has 0 radical (unpaired) electrons. The second kappa shape index (κ2) is 10.3. The number of piperazine rings is 1. The van der Waals surface area contributed by atoms with E-state index in [4.69, 9.17) is 9.72 Å². The molecule has 4 rings (SSSR count). The first-order valence-electron chi connectivity index (χ1n) is 11.3. The van der Waals surface area contributed by atoms with Crippen molar-refractivity contribution in [1.82, 2.24) is 24.6 Å². The van der Waals surface area contributed by atoms with Crippen LogP contribution in [0, 0.1) is 6.92 Å². The molecular weight excluding hydrogens is 418 g/mol. The number of nitrogens with one attached hydrogen (secondary N) is 1.